The standard InChI is InChI=1S/C23H25N3O2/c1-14-15-6-3-5-9-18(15)25-20(14)22(28)26-12-10-23(11-13-26)17-8-4-2-7-16(17)19(24)21(23)27/h2-9,19,21,25,27H,10-13,24H2,1H3/t19-,21+/m1/s1. The minimum Gasteiger partial charge on any atom is -0.390 e. The Labute approximate surface area is 164 Å². The van der Waals surface area contributed by atoms with Crippen molar-refractivity contribution in [3.8, 4) is 0 Å². The van der Waals surface area contributed by atoms with E-state index < -0.39 is 6.10 Å². The van der Waals surface area contributed by atoms with Crippen LogP contribution in [-0.2, 0) is 5.41 Å². The van der Waals surface area contributed by atoms with Gasteiger partial charge >= 0.3 is 0 Å². The van der Waals surface area contributed by atoms with E-state index in [1.165, 1.54) is 0 Å². The van der Waals surface area contributed by atoms with Crippen molar-refractivity contribution in [2.24, 2.45) is 5.73 Å². The summed E-state index contributed by atoms with van der Waals surface area (Å²) >= 11 is 0. The highest BCUT2D eigenvalue weighted by atomic mass is 16.3. The van der Waals surface area contributed by atoms with E-state index in [0.29, 0.717) is 18.8 Å². The van der Waals surface area contributed by atoms with E-state index >= 15 is 0 Å². The molecule has 0 unspecified atom stereocenters. The first kappa shape index (κ1) is 17.5. The van der Waals surface area contributed by atoms with Gasteiger partial charge < -0.3 is 20.7 Å². The Morgan fingerprint density at radius 2 is 1.82 bits per heavy atom. The van der Waals surface area contributed by atoms with E-state index in [2.05, 4.69) is 11.1 Å². The summed E-state index contributed by atoms with van der Waals surface area (Å²) in [5.74, 6) is 0.0358. The molecular formula is C23H25N3O2. The zero-order valence-corrected chi connectivity index (χ0v) is 16.0. The lowest BCUT2D eigenvalue weighted by molar-refractivity contribution is 0.0260. The highest BCUT2D eigenvalue weighted by Gasteiger charge is 2.51. The van der Waals surface area contributed by atoms with Crippen molar-refractivity contribution < 1.29 is 9.90 Å². The van der Waals surface area contributed by atoms with E-state index in [4.69, 9.17) is 5.73 Å². The molecule has 1 aromatic heterocycles. The molecule has 1 spiro atoms. The monoisotopic (exact) mass is 375 g/mol. The molecular weight excluding hydrogens is 350 g/mol. The average Bonchev–Trinajstić information content (AvgIpc) is 3.18. The Hall–Kier alpha value is -2.63. The Morgan fingerprint density at radius 1 is 1.14 bits per heavy atom. The number of carbonyl (C=O) groups excluding carboxylic acids is 1. The van der Waals surface area contributed by atoms with Crippen molar-refractivity contribution in [1.82, 2.24) is 9.88 Å². The lowest BCUT2D eigenvalue weighted by Gasteiger charge is -2.42. The van der Waals surface area contributed by atoms with Gasteiger partial charge in [-0.3, -0.25) is 4.79 Å². The normalized spacial score (nSPS) is 23.3. The van der Waals surface area contributed by atoms with Crippen LogP contribution in [0.4, 0.5) is 0 Å². The number of aromatic nitrogens is 1. The number of fused-ring (bicyclic) bond motifs is 3. The Kier molecular flexibility index (Phi) is 3.86. The van der Waals surface area contributed by atoms with E-state index in [1.54, 1.807) is 0 Å². The van der Waals surface area contributed by atoms with Crippen molar-refractivity contribution in [3.63, 3.8) is 0 Å². The number of likely N-dealkylation sites (tertiary alicyclic amines) is 1. The van der Waals surface area contributed by atoms with Gasteiger partial charge in [-0.25, -0.2) is 0 Å². The second-order valence-electron chi connectivity index (χ2n) is 8.18. The number of nitrogens with zero attached hydrogens (tertiary/aromatic N) is 1. The second kappa shape index (κ2) is 6.19. The Morgan fingerprint density at radius 3 is 2.57 bits per heavy atom. The topological polar surface area (TPSA) is 82.3 Å². The predicted molar refractivity (Wildman–Crippen MR) is 109 cm³/mol. The summed E-state index contributed by atoms with van der Waals surface area (Å²) in [5, 5.41) is 12.0. The van der Waals surface area contributed by atoms with Crippen LogP contribution in [0.5, 0.6) is 0 Å². The number of amides is 1. The van der Waals surface area contributed by atoms with Gasteiger partial charge in [-0.05, 0) is 42.5 Å². The number of rotatable bonds is 1. The molecule has 5 nitrogen and oxygen atoms in total. The highest BCUT2D eigenvalue weighted by molar-refractivity contribution is 6.00. The first-order valence-electron chi connectivity index (χ1n) is 9.92. The number of piperidine rings is 1. The number of nitrogens with one attached hydrogen (secondary N) is 1. The SMILES string of the molecule is Cc1c(C(=O)N2CCC3(CC2)c2ccccc2[C@@H](N)[C@@H]3O)[nH]c2ccccc12. The molecule has 144 valence electrons. The predicted octanol–water partition coefficient (Wildman–Crippen LogP) is 3.02. The fraction of sp³-hybridized carbons (Fsp3) is 0.348. The van der Waals surface area contributed by atoms with Crippen LogP contribution in [0.25, 0.3) is 10.9 Å². The quantitative estimate of drug-likeness (QED) is 0.611. The van der Waals surface area contributed by atoms with Crippen LogP contribution in [0.2, 0.25) is 0 Å². The van der Waals surface area contributed by atoms with Crippen LogP contribution < -0.4 is 5.73 Å². The third kappa shape index (κ3) is 2.30. The molecule has 1 aliphatic carbocycles. The van der Waals surface area contributed by atoms with Gasteiger partial charge in [0.05, 0.1) is 12.1 Å². The number of aryl methyl sites for hydroxylation is 1. The molecule has 4 N–H and O–H groups in total. The maximum atomic E-state index is 13.2. The minimum atomic E-state index is -0.600. The number of aliphatic hydroxyl groups is 1. The molecule has 2 aromatic carbocycles. The van der Waals surface area contributed by atoms with E-state index in [-0.39, 0.29) is 17.4 Å². The summed E-state index contributed by atoms with van der Waals surface area (Å²) in [6.07, 6.45) is 0.852. The fourth-order valence-electron chi connectivity index (χ4n) is 5.24. The Bertz CT molecular complexity index is 1060. The first-order chi connectivity index (χ1) is 13.5. The Balaban J connectivity index is 1.42. The second-order valence-corrected chi connectivity index (χ2v) is 8.18. The summed E-state index contributed by atoms with van der Waals surface area (Å²) in [7, 11) is 0. The van der Waals surface area contributed by atoms with Crippen molar-refractivity contribution in [3.05, 3.63) is 70.9 Å². The molecule has 1 amide bonds. The lowest BCUT2D eigenvalue weighted by atomic mass is 9.72. The van der Waals surface area contributed by atoms with Crippen LogP contribution in [0.3, 0.4) is 0 Å². The number of benzene rings is 2. The van der Waals surface area contributed by atoms with E-state index in [9.17, 15) is 9.90 Å². The van der Waals surface area contributed by atoms with Crippen molar-refractivity contribution in [2.75, 3.05) is 13.1 Å². The van der Waals surface area contributed by atoms with Gasteiger partial charge in [-0.15, -0.1) is 0 Å². The maximum Gasteiger partial charge on any atom is 0.270 e. The molecule has 5 heteroatoms. The summed E-state index contributed by atoms with van der Waals surface area (Å²) in [4.78, 5) is 18.4. The zero-order chi connectivity index (χ0) is 19.5. The van der Waals surface area contributed by atoms with Gasteiger partial charge in [0, 0.05) is 29.4 Å². The van der Waals surface area contributed by atoms with Gasteiger partial charge in [-0.2, -0.15) is 0 Å². The van der Waals surface area contributed by atoms with Crippen molar-refractivity contribution in [1.29, 1.82) is 0 Å². The van der Waals surface area contributed by atoms with Crippen LogP contribution in [0, 0.1) is 6.92 Å². The highest BCUT2D eigenvalue weighted by Crippen LogP contribution is 2.50. The van der Waals surface area contributed by atoms with E-state index in [0.717, 1.165) is 40.4 Å². The number of para-hydroxylation sites is 1. The van der Waals surface area contributed by atoms with Gasteiger partial charge in [0.25, 0.3) is 5.91 Å². The molecule has 0 bridgehead atoms. The van der Waals surface area contributed by atoms with E-state index in [1.807, 2.05) is 54.3 Å². The average molecular weight is 375 g/mol. The van der Waals surface area contributed by atoms with Gasteiger partial charge in [0.15, 0.2) is 0 Å². The molecule has 28 heavy (non-hydrogen) atoms. The van der Waals surface area contributed by atoms with Crippen LogP contribution >= 0.6 is 0 Å². The number of aliphatic hydroxyl groups excluding tert-OH is 1. The molecule has 2 heterocycles. The number of nitrogens with two attached hydrogens (primary N) is 1. The summed E-state index contributed by atoms with van der Waals surface area (Å²) < 4.78 is 0. The van der Waals surface area contributed by atoms with Crippen LogP contribution in [-0.4, -0.2) is 40.1 Å². The molecule has 0 radical (unpaired) electrons. The number of carbonyl (C=O) groups is 1. The molecule has 5 rings (SSSR count). The molecule has 0 saturated carbocycles. The molecule has 1 fully saturated rings. The maximum absolute atomic E-state index is 13.2. The zero-order valence-electron chi connectivity index (χ0n) is 16.0. The largest absolute Gasteiger partial charge is 0.390 e. The number of aromatic amines is 1. The summed E-state index contributed by atoms with van der Waals surface area (Å²) in [6.45, 7) is 3.23. The lowest BCUT2D eigenvalue weighted by Crippen LogP contribution is -2.50. The summed E-state index contributed by atoms with van der Waals surface area (Å²) in [6, 6.07) is 15.7. The molecule has 1 saturated heterocycles. The number of H-pyrrole nitrogens is 1. The molecule has 2 atom stereocenters. The third-order valence-corrected chi connectivity index (χ3v) is 6.89. The smallest absolute Gasteiger partial charge is 0.270 e. The van der Waals surface area contributed by atoms with Gasteiger partial charge in [0.1, 0.15) is 5.69 Å². The first-order valence-corrected chi connectivity index (χ1v) is 9.92. The third-order valence-electron chi connectivity index (χ3n) is 6.89. The summed E-state index contributed by atoms with van der Waals surface area (Å²) in [5.41, 5.74) is 10.8. The molecule has 1 aliphatic heterocycles. The fourth-order valence-corrected chi connectivity index (χ4v) is 5.24. The van der Waals surface area contributed by atoms with Gasteiger partial charge in [0.2, 0.25) is 0 Å². The molecule has 3 aromatic rings. The molecule has 2 aliphatic rings. The van der Waals surface area contributed by atoms with Crippen molar-refractivity contribution in [2.45, 2.75) is 37.3 Å². The van der Waals surface area contributed by atoms with Crippen LogP contribution in [0.1, 0.15) is 46.1 Å². The minimum absolute atomic E-state index is 0.0358. The number of hydrogen-bond acceptors (Lipinski definition) is 3. The van der Waals surface area contributed by atoms with Gasteiger partial charge in [-0.1, -0.05) is 42.5 Å². The number of hydrogen-bond donors (Lipinski definition) is 3. The van der Waals surface area contributed by atoms with Crippen molar-refractivity contribution >= 4 is 16.8 Å². The van der Waals surface area contributed by atoms with Crippen LogP contribution in [0.15, 0.2) is 48.5 Å².